The van der Waals surface area contributed by atoms with Crippen molar-refractivity contribution in [2.24, 2.45) is 0 Å². The number of fused-ring (bicyclic) bond motifs is 1. The van der Waals surface area contributed by atoms with Crippen LogP contribution in [0.3, 0.4) is 0 Å². The lowest BCUT2D eigenvalue weighted by atomic mass is 10.1. The number of benzene rings is 3. The molecule has 3 nitrogen and oxygen atoms in total. The summed E-state index contributed by atoms with van der Waals surface area (Å²) in [6, 6.07) is 17.1. The van der Waals surface area contributed by atoms with Crippen LogP contribution in [0, 0.1) is 11.6 Å². The number of hydrogen-bond acceptors (Lipinski definition) is 2. The number of carbonyl (C=O) groups is 1. The lowest BCUT2D eigenvalue weighted by Gasteiger charge is -2.21. The Kier molecular flexibility index (Phi) is 5.48. The van der Waals surface area contributed by atoms with Crippen LogP contribution < -0.4 is 5.32 Å². The van der Waals surface area contributed by atoms with Gasteiger partial charge in [0, 0.05) is 35.0 Å². The second kappa shape index (κ2) is 8.19. The summed E-state index contributed by atoms with van der Waals surface area (Å²) in [5.74, 6) is -0.164. The van der Waals surface area contributed by atoms with E-state index in [1.807, 2.05) is 42.5 Å². The molecule has 1 heterocycles. The zero-order valence-electron chi connectivity index (χ0n) is 15.2. The van der Waals surface area contributed by atoms with E-state index < -0.39 is 11.6 Å². The first-order valence-corrected chi connectivity index (χ1v) is 10.3. The Morgan fingerprint density at radius 3 is 2.75 bits per heavy atom. The first kappa shape index (κ1) is 18.7. The average molecular weight is 398 g/mol. The van der Waals surface area contributed by atoms with Gasteiger partial charge in [0.15, 0.2) is 0 Å². The van der Waals surface area contributed by atoms with Gasteiger partial charge in [0.1, 0.15) is 11.6 Å². The number of nitrogens with zero attached hydrogens (tertiary/aromatic N) is 1. The van der Waals surface area contributed by atoms with Gasteiger partial charge in [-0.2, -0.15) is 11.8 Å². The van der Waals surface area contributed by atoms with Gasteiger partial charge in [0.05, 0.1) is 5.69 Å². The highest BCUT2D eigenvalue weighted by molar-refractivity contribution is 7.99. The Bertz CT molecular complexity index is 1010. The number of rotatable bonds is 2. The van der Waals surface area contributed by atoms with E-state index in [-0.39, 0.29) is 11.3 Å². The molecular formula is C22H20F2N2OS. The van der Waals surface area contributed by atoms with Crippen LogP contribution in [0.1, 0.15) is 17.2 Å². The van der Waals surface area contributed by atoms with Gasteiger partial charge in [-0.15, -0.1) is 0 Å². The molecule has 144 valence electrons. The third kappa shape index (κ3) is 3.97. The van der Waals surface area contributed by atoms with Crippen LogP contribution in [-0.2, 0) is 0 Å². The van der Waals surface area contributed by atoms with Gasteiger partial charge in [0.25, 0.3) is 0 Å². The molecule has 0 spiro atoms. The van der Waals surface area contributed by atoms with Crippen LogP contribution in [0.25, 0.3) is 10.8 Å². The zero-order chi connectivity index (χ0) is 19.5. The van der Waals surface area contributed by atoms with Crippen molar-refractivity contribution in [1.82, 2.24) is 4.90 Å². The Labute approximate surface area is 166 Å². The van der Waals surface area contributed by atoms with Crippen molar-refractivity contribution in [3.63, 3.8) is 0 Å². The van der Waals surface area contributed by atoms with Crippen molar-refractivity contribution in [3.8, 4) is 0 Å². The Morgan fingerprint density at radius 2 is 1.86 bits per heavy atom. The summed E-state index contributed by atoms with van der Waals surface area (Å²) in [4.78, 5) is 14.5. The number of thioether (sulfide) groups is 1. The van der Waals surface area contributed by atoms with E-state index in [1.165, 1.54) is 12.1 Å². The topological polar surface area (TPSA) is 32.3 Å². The van der Waals surface area contributed by atoms with Crippen molar-refractivity contribution >= 4 is 34.3 Å². The molecule has 0 bridgehead atoms. The number of urea groups is 1. The van der Waals surface area contributed by atoms with Crippen molar-refractivity contribution < 1.29 is 13.6 Å². The number of hydrogen-bond donors (Lipinski definition) is 1. The quantitative estimate of drug-likeness (QED) is 0.589. The lowest BCUT2D eigenvalue weighted by Crippen LogP contribution is -2.36. The van der Waals surface area contributed by atoms with E-state index in [2.05, 4.69) is 5.32 Å². The van der Waals surface area contributed by atoms with E-state index >= 15 is 0 Å². The molecule has 2 amide bonds. The molecule has 1 fully saturated rings. The molecule has 3 aromatic carbocycles. The van der Waals surface area contributed by atoms with Gasteiger partial charge in [-0.1, -0.05) is 36.4 Å². The number of anilines is 1. The van der Waals surface area contributed by atoms with Gasteiger partial charge in [0.2, 0.25) is 0 Å². The minimum atomic E-state index is -0.438. The molecule has 1 atom stereocenters. The van der Waals surface area contributed by atoms with Gasteiger partial charge < -0.3 is 10.2 Å². The highest BCUT2D eigenvalue weighted by atomic mass is 32.2. The normalized spacial score (nSPS) is 17.4. The van der Waals surface area contributed by atoms with Crippen LogP contribution >= 0.6 is 11.8 Å². The number of nitrogens with one attached hydrogen (secondary N) is 1. The summed E-state index contributed by atoms with van der Waals surface area (Å²) < 4.78 is 27.6. The molecule has 1 aliphatic heterocycles. The van der Waals surface area contributed by atoms with Crippen molar-refractivity contribution in [1.29, 1.82) is 0 Å². The molecule has 1 N–H and O–H groups in total. The van der Waals surface area contributed by atoms with Crippen LogP contribution in [-0.4, -0.2) is 29.8 Å². The summed E-state index contributed by atoms with van der Waals surface area (Å²) in [5.41, 5.74) is 1.15. The molecule has 0 saturated carbocycles. The Morgan fingerprint density at radius 1 is 1.04 bits per heavy atom. The molecule has 0 aromatic heterocycles. The van der Waals surface area contributed by atoms with E-state index in [4.69, 9.17) is 0 Å². The highest BCUT2D eigenvalue weighted by Gasteiger charge is 2.24. The van der Waals surface area contributed by atoms with Gasteiger partial charge in [-0.25, -0.2) is 13.6 Å². The van der Waals surface area contributed by atoms with E-state index in [9.17, 15) is 13.6 Å². The molecule has 1 saturated heterocycles. The first-order valence-electron chi connectivity index (χ1n) is 9.22. The maximum Gasteiger partial charge on any atom is 0.321 e. The predicted molar refractivity (Wildman–Crippen MR) is 111 cm³/mol. The van der Waals surface area contributed by atoms with Crippen LogP contribution in [0.15, 0.2) is 60.7 Å². The lowest BCUT2D eigenvalue weighted by molar-refractivity contribution is 0.215. The number of halogens is 2. The fourth-order valence-electron chi connectivity index (χ4n) is 3.51. The second-order valence-electron chi connectivity index (χ2n) is 6.76. The Balaban J connectivity index is 1.47. The van der Waals surface area contributed by atoms with Gasteiger partial charge in [-0.05, 0) is 36.1 Å². The Hall–Kier alpha value is -2.60. The van der Waals surface area contributed by atoms with Crippen LogP contribution in [0.4, 0.5) is 19.3 Å². The van der Waals surface area contributed by atoms with E-state index in [0.717, 1.165) is 22.5 Å². The molecule has 3 aromatic rings. The first-order chi connectivity index (χ1) is 13.6. The summed E-state index contributed by atoms with van der Waals surface area (Å²) in [7, 11) is 0. The van der Waals surface area contributed by atoms with Crippen LogP contribution in [0.2, 0.25) is 0 Å². The molecule has 28 heavy (non-hydrogen) atoms. The smallest absolute Gasteiger partial charge is 0.321 e. The SMILES string of the molecule is O=C(Nc1cccc2ccccc12)N1CCSC(c2cc(F)ccc2F)CC1. The molecule has 1 aliphatic rings. The average Bonchev–Trinajstić information content (AvgIpc) is 2.96. The van der Waals surface area contributed by atoms with Crippen molar-refractivity contribution in [3.05, 3.63) is 77.9 Å². The molecule has 0 aliphatic carbocycles. The van der Waals surface area contributed by atoms with Gasteiger partial charge >= 0.3 is 6.03 Å². The summed E-state index contributed by atoms with van der Waals surface area (Å²) in [6.07, 6.45) is 0.577. The molecule has 0 radical (unpaired) electrons. The summed E-state index contributed by atoms with van der Waals surface area (Å²) in [6.45, 7) is 1.05. The fourth-order valence-corrected chi connectivity index (χ4v) is 4.75. The second-order valence-corrected chi connectivity index (χ2v) is 8.07. The number of amides is 2. The largest absolute Gasteiger partial charge is 0.324 e. The predicted octanol–water partition coefficient (Wildman–Crippen LogP) is 5.83. The maximum atomic E-state index is 14.1. The van der Waals surface area contributed by atoms with E-state index in [0.29, 0.717) is 30.8 Å². The standard InChI is InChI=1S/C22H20F2N2OS/c23-16-8-9-19(24)18(14-16)21-10-11-26(12-13-28-21)22(27)25-20-7-3-5-15-4-1-2-6-17(15)20/h1-9,14,21H,10-13H2,(H,25,27). The fraction of sp³-hybridized carbons (Fsp3) is 0.227. The van der Waals surface area contributed by atoms with Gasteiger partial charge in [-0.3, -0.25) is 0 Å². The molecule has 1 unspecified atom stereocenters. The third-order valence-electron chi connectivity index (χ3n) is 4.96. The zero-order valence-corrected chi connectivity index (χ0v) is 16.0. The molecular weight excluding hydrogens is 378 g/mol. The van der Waals surface area contributed by atoms with Crippen molar-refractivity contribution in [2.45, 2.75) is 11.7 Å². The van der Waals surface area contributed by atoms with Crippen LogP contribution in [0.5, 0.6) is 0 Å². The molecule has 6 heteroatoms. The monoisotopic (exact) mass is 398 g/mol. The number of carbonyl (C=O) groups excluding carboxylic acids is 1. The third-order valence-corrected chi connectivity index (χ3v) is 6.28. The maximum absolute atomic E-state index is 14.1. The minimum Gasteiger partial charge on any atom is -0.324 e. The summed E-state index contributed by atoms with van der Waals surface area (Å²) in [5, 5.41) is 4.89. The molecule has 4 rings (SSSR count). The van der Waals surface area contributed by atoms with Crippen molar-refractivity contribution in [2.75, 3.05) is 24.2 Å². The minimum absolute atomic E-state index is 0.161. The summed E-state index contributed by atoms with van der Waals surface area (Å²) >= 11 is 1.56. The highest BCUT2D eigenvalue weighted by Crippen LogP contribution is 2.36. The van der Waals surface area contributed by atoms with E-state index in [1.54, 1.807) is 16.7 Å².